The van der Waals surface area contributed by atoms with Crippen LogP contribution in [0.15, 0.2) is 0 Å². The molecule has 0 aromatic rings. The highest BCUT2D eigenvalue weighted by atomic mass is 16.6. The van der Waals surface area contributed by atoms with Gasteiger partial charge in [-0.15, -0.1) is 0 Å². The van der Waals surface area contributed by atoms with Crippen molar-refractivity contribution in [2.75, 3.05) is 0 Å². The van der Waals surface area contributed by atoms with Crippen molar-refractivity contribution >= 4 is 5.97 Å². The monoisotopic (exact) mass is 352 g/mol. The Hall–Kier alpha value is -0.650. The minimum Gasteiger partial charge on any atom is -0.458 e. The molecule has 5 nitrogen and oxygen atoms in total. The fourth-order valence-corrected chi connectivity index (χ4v) is 6.03. The number of carbonyl (C=O) groups excluding carboxylic acids is 1. The predicted molar refractivity (Wildman–Crippen MR) is 97.7 cm³/mol. The van der Waals surface area contributed by atoms with E-state index in [-0.39, 0.29) is 5.97 Å². The van der Waals surface area contributed by atoms with Crippen molar-refractivity contribution in [3.05, 3.63) is 0 Å². The van der Waals surface area contributed by atoms with Gasteiger partial charge < -0.3 is 21.3 Å². The third-order valence-corrected chi connectivity index (χ3v) is 6.97. The van der Waals surface area contributed by atoms with Crippen LogP contribution in [0, 0.1) is 17.3 Å². The fraction of sp³-hybridized carbons (Fsp3) is 0.950. The van der Waals surface area contributed by atoms with Crippen molar-refractivity contribution in [3.63, 3.8) is 0 Å². The van der Waals surface area contributed by atoms with E-state index in [1.165, 1.54) is 0 Å². The average Bonchev–Trinajstić information content (AvgIpc) is 2.30. The van der Waals surface area contributed by atoms with Crippen LogP contribution in [0.1, 0.15) is 79.6 Å². The molecule has 0 amide bonds. The first-order chi connectivity index (χ1) is 11.2. The van der Waals surface area contributed by atoms with Gasteiger partial charge in [0.1, 0.15) is 5.60 Å². The number of hydrogen-bond donors (Lipinski definition) is 3. The van der Waals surface area contributed by atoms with Gasteiger partial charge in [0, 0.05) is 17.5 Å². The first kappa shape index (κ1) is 19.1. The van der Waals surface area contributed by atoms with Gasteiger partial charge in [0.25, 0.3) is 0 Å². The van der Waals surface area contributed by atoms with E-state index in [4.69, 9.17) is 16.2 Å². The summed E-state index contributed by atoms with van der Waals surface area (Å²) in [6.07, 6.45) is 5.67. The van der Waals surface area contributed by atoms with Crippen LogP contribution in [0.2, 0.25) is 0 Å². The lowest BCUT2D eigenvalue weighted by Gasteiger charge is -2.59. The van der Waals surface area contributed by atoms with E-state index in [0.29, 0.717) is 24.7 Å². The Morgan fingerprint density at radius 1 is 1.08 bits per heavy atom. The summed E-state index contributed by atoms with van der Waals surface area (Å²) in [6.45, 7) is 9.44. The summed E-state index contributed by atoms with van der Waals surface area (Å²) < 4.78 is 6.22. The minimum atomic E-state index is -0.878. The largest absolute Gasteiger partial charge is 0.458 e. The maximum atomic E-state index is 13.3. The first-order valence-corrected chi connectivity index (χ1v) is 9.69. The molecular formula is C20H36N2O3. The number of ether oxygens (including phenoxy) is 1. The zero-order valence-corrected chi connectivity index (χ0v) is 16.5. The van der Waals surface area contributed by atoms with Gasteiger partial charge in [-0.1, -0.05) is 0 Å². The third kappa shape index (κ3) is 3.47. The lowest BCUT2D eigenvalue weighted by molar-refractivity contribution is -0.228. The summed E-state index contributed by atoms with van der Waals surface area (Å²) in [7, 11) is 0. The maximum absolute atomic E-state index is 13.3. The molecule has 144 valence electrons. The molecule has 0 radical (unpaired) electrons. The smallest absolute Gasteiger partial charge is 0.314 e. The van der Waals surface area contributed by atoms with Crippen LogP contribution in [0.25, 0.3) is 0 Å². The van der Waals surface area contributed by atoms with Crippen molar-refractivity contribution < 1.29 is 14.6 Å². The molecule has 4 aliphatic rings. The van der Waals surface area contributed by atoms with Gasteiger partial charge in [-0.2, -0.15) is 0 Å². The van der Waals surface area contributed by atoms with Crippen molar-refractivity contribution in [1.29, 1.82) is 0 Å². The molecule has 3 unspecified atom stereocenters. The first-order valence-electron chi connectivity index (χ1n) is 9.69. The van der Waals surface area contributed by atoms with Crippen LogP contribution in [-0.2, 0) is 9.53 Å². The van der Waals surface area contributed by atoms with Crippen LogP contribution in [0.4, 0.5) is 0 Å². The molecule has 4 bridgehead atoms. The maximum Gasteiger partial charge on any atom is 0.314 e. The quantitative estimate of drug-likeness (QED) is 0.660. The summed E-state index contributed by atoms with van der Waals surface area (Å²) in [6, 6.07) is 0. The van der Waals surface area contributed by atoms with Crippen molar-refractivity contribution in [1.82, 2.24) is 0 Å². The lowest BCUT2D eigenvalue weighted by Crippen LogP contribution is -2.63. The molecule has 0 aromatic heterocycles. The van der Waals surface area contributed by atoms with Gasteiger partial charge in [-0.05, 0) is 85.0 Å². The normalized spacial score (nSPS) is 40.0. The van der Waals surface area contributed by atoms with E-state index in [2.05, 4.69) is 0 Å². The third-order valence-electron chi connectivity index (χ3n) is 6.97. The van der Waals surface area contributed by atoms with E-state index < -0.39 is 27.7 Å². The second-order valence-corrected chi connectivity index (χ2v) is 11.0. The highest BCUT2D eigenvalue weighted by Crippen LogP contribution is 2.59. The topological polar surface area (TPSA) is 98.6 Å². The van der Waals surface area contributed by atoms with Crippen LogP contribution in [0.3, 0.4) is 0 Å². The lowest BCUT2D eigenvalue weighted by atomic mass is 9.52. The molecule has 3 atom stereocenters. The highest BCUT2D eigenvalue weighted by Gasteiger charge is 2.60. The van der Waals surface area contributed by atoms with Gasteiger partial charge in [-0.25, -0.2) is 0 Å². The van der Waals surface area contributed by atoms with E-state index in [9.17, 15) is 9.90 Å². The van der Waals surface area contributed by atoms with Crippen molar-refractivity contribution in [2.24, 2.45) is 28.7 Å². The molecule has 0 heterocycles. The number of rotatable bonds is 5. The van der Waals surface area contributed by atoms with Crippen molar-refractivity contribution in [3.8, 4) is 0 Å². The molecule has 0 spiro atoms. The Kier molecular flexibility index (Phi) is 4.15. The minimum absolute atomic E-state index is 0.260. The SMILES string of the molecule is CC(C)(N)CC(C)(C(=O)OC12CC3CC(CC(O)(C3)C1)C2)C(C)(C)N. The molecule has 5 heteroatoms. The van der Waals surface area contributed by atoms with Crippen LogP contribution < -0.4 is 11.5 Å². The molecule has 4 rings (SSSR count). The van der Waals surface area contributed by atoms with E-state index in [0.717, 1.165) is 32.1 Å². The Labute approximate surface area is 151 Å². The van der Waals surface area contributed by atoms with Gasteiger partial charge in [-0.3, -0.25) is 4.79 Å². The Balaban J connectivity index is 1.85. The zero-order chi connectivity index (χ0) is 18.9. The Morgan fingerprint density at radius 3 is 2.00 bits per heavy atom. The number of hydrogen-bond acceptors (Lipinski definition) is 5. The molecule has 0 saturated heterocycles. The second kappa shape index (κ2) is 5.43. The van der Waals surface area contributed by atoms with Gasteiger partial charge in [0.15, 0.2) is 0 Å². The number of nitrogens with two attached hydrogens (primary N) is 2. The highest BCUT2D eigenvalue weighted by molar-refractivity contribution is 5.79. The standard InChI is InChI=1S/C20H36N2O3/c1-16(2,21)11-18(5,17(3,4)22)15(23)25-20-9-13-6-14(10-20)8-19(24,7-13)12-20/h13-14,24H,6-12,21-22H2,1-5H3. The Bertz CT molecular complexity index is 546. The molecule has 4 fully saturated rings. The summed E-state index contributed by atoms with van der Waals surface area (Å²) in [4.78, 5) is 13.3. The summed E-state index contributed by atoms with van der Waals surface area (Å²) in [5, 5.41) is 10.9. The summed E-state index contributed by atoms with van der Waals surface area (Å²) >= 11 is 0. The van der Waals surface area contributed by atoms with Gasteiger partial charge in [0.2, 0.25) is 0 Å². The summed E-state index contributed by atoms with van der Waals surface area (Å²) in [5.41, 5.74) is 9.33. The van der Waals surface area contributed by atoms with Crippen LogP contribution >= 0.6 is 0 Å². The van der Waals surface area contributed by atoms with Gasteiger partial charge in [0.05, 0.1) is 11.0 Å². The molecule has 0 aliphatic heterocycles. The van der Waals surface area contributed by atoms with Gasteiger partial charge >= 0.3 is 5.97 Å². The summed E-state index contributed by atoms with van der Waals surface area (Å²) in [5.74, 6) is 0.688. The second-order valence-electron chi connectivity index (χ2n) is 11.0. The van der Waals surface area contributed by atoms with Crippen LogP contribution in [-0.4, -0.2) is 33.4 Å². The van der Waals surface area contributed by atoms with E-state index >= 15 is 0 Å². The predicted octanol–water partition coefficient (Wildman–Crippen LogP) is 2.48. The van der Waals surface area contributed by atoms with Crippen LogP contribution in [0.5, 0.6) is 0 Å². The molecule has 4 saturated carbocycles. The van der Waals surface area contributed by atoms with Crippen molar-refractivity contribution in [2.45, 2.75) is 102 Å². The molecule has 0 aromatic carbocycles. The Morgan fingerprint density at radius 2 is 1.60 bits per heavy atom. The average molecular weight is 353 g/mol. The molecule has 5 N–H and O–H groups in total. The zero-order valence-electron chi connectivity index (χ0n) is 16.5. The molecule has 25 heavy (non-hydrogen) atoms. The number of carbonyl (C=O) groups is 1. The molecule has 4 aliphatic carbocycles. The molecular weight excluding hydrogens is 316 g/mol. The number of aliphatic hydroxyl groups is 1. The fourth-order valence-electron chi connectivity index (χ4n) is 6.03. The van der Waals surface area contributed by atoms with E-state index in [1.54, 1.807) is 0 Å². The number of esters is 1. The van der Waals surface area contributed by atoms with E-state index in [1.807, 2.05) is 34.6 Å².